The molecule has 3 heterocycles. The number of rotatable bonds is 3. The van der Waals surface area contributed by atoms with Gasteiger partial charge in [0.25, 0.3) is 0 Å². The van der Waals surface area contributed by atoms with Gasteiger partial charge in [-0.1, -0.05) is 23.5 Å². The van der Waals surface area contributed by atoms with Crippen molar-refractivity contribution < 1.29 is 4.79 Å². The molecule has 7 heteroatoms. The zero-order valence-electron chi connectivity index (χ0n) is 14.3. The summed E-state index contributed by atoms with van der Waals surface area (Å²) in [5.41, 5.74) is 2.02. The maximum atomic E-state index is 12.6. The molecule has 1 N–H and O–H groups in total. The second kappa shape index (κ2) is 6.72. The lowest BCUT2D eigenvalue weighted by Crippen LogP contribution is -2.40. The third-order valence-corrected chi connectivity index (χ3v) is 6.69. The van der Waals surface area contributed by atoms with Crippen molar-refractivity contribution in [2.75, 3.05) is 23.3 Å². The zero-order valence-corrected chi connectivity index (χ0v) is 15.9. The lowest BCUT2D eigenvalue weighted by molar-refractivity contribution is -0.120. The van der Waals surface area contributed by atoms with Gasteiger partial charge in [-0.15, -0.1) is 11.3 Å². The van der Waals surface area contributed by atoms with E-state index in [-0.39, 0.29) is 11.8 Å². The highest BCUT2D eigenvalue weighted by atomic mass is 32.1. The van der Waals surface area contributed by atoms with E-state index in [1.807, 2.05) is 32.0 Å². The molecule has 1 saturated heterocycles. The van der Waals surface area contributed by atoms with Crippen LogP contribution in [0.15, 0.2) is 24.3 Å². The Labute approximate surface area is 154 Å². The number of carbonyl (C=O) groups excluding carboxylic acids is 1. The predicted molar refractivity (Wildman–Crippen MR) is 105 cm³/mol. The highest BCUT2D eigenvalue weighted by Crippen LogP contribution is 2.32. The number of hydrogen-bond acceptors (Lipinski definition) is 6. The number of fused-ring (bicyclic) bond motifs is 1. The van der Waals surface area contributed by atoms with Gasteiger partial charge in [0, 0.05) is 18.0 Å². The Hall–Kier alpha value is -1.99. The highest BCUT2D eigenvalue weighted by Gasteiger charge is 2.28. The molecule has 2 aromatic heterocycles. The number of thiazole rings is 2. The van der Waals surface area contributed by atoms with Gasteiger partial charge in [0.15, 0.2) is 10.3 Å². The summed E-state index contributed by atoms with van der Waals surface area (Å²) in [4.78, 5) is 25.2. The summed E-state index contributed by atoms with van der Waals surface area (Å²) in [6.45, 7) is 5.67. The number of aryl methyl sites for hydroxylation is 2. The molecule has 1 aliphatic heterocycles. The minimum atomic E-state index is -0.0229. The minimum absolute atomic E-state index is 0.0229. The van der Waals surface area contributed by atoms with Crippen LogP contribution in [0.25, 0.3) is 10.2 Å². The fourth-order valence-corrected chi connectivity index (χ4v) is 4.91. The molecular weight excluding hydrogens is 352 g/mol. The lowest BCUT2D eigenvalue weighted by Gasteiger charge is -2.31. The molecule has 0 spiro atoms. The van der Waals surface area contributed by atoms with Crippen molar-refractivity contribution in [3.63, 3.8) is 0 Å². The van der Waals surface area contributed by atoms with Crippen molar-refractivity contribution in [2.45, 2.75) is 26.7 Å². The van der Waals surface area contributed by atoms with E-state index in [4.69, 9.17) is 4.98 Å². The highest BCUT2D eigenvalue weighted by molar-refractivity contribution is 7.22. The van der Waals surface area contributed by atoms with Crippen LogP contribution in [0.3, 0.4) is 0 Å². The van der Waals surface area contributed by atoms with Gasteiger partial charge in [0.05, 0.1) is 21.8 Å². The second-order valence-electron chi connectivity index (χ2n) is 6.40. The number of piperidine rings is 1. The van der Waals surface area contributed by atoms with E-state index in [1.54, 1.807) is 11.3 Å². The predicted octanol–water partition coefficient (Wildman–Crippen LogP) is 4.22. The smallest absolute Gasteiger partial charge is 0.231 e. The fourth-order valence-electron chi connectivity index (χ4n) is 3.09. The van der Waals surface area contributed by atoms with Gasteiger partial charge in [-0.3, -0.25) is 4.79 Å². The van der Waals surface area contributed by atoms with Crippen LogP contribution in [0.2, 0.25) is 0 Å². The van der Waals surface area contributed by atoms with Crippen molar-refractivity contribution in [2.24, 2.45) is 5.92 Å². The standard InChI is InChI=1S/C18H20N4OS2/c1-11-12(2)24-17(19-11)21-16(23)13-6-5-9-22(10-13)18-20-14-7-3-4-8-15(14)25-18/h3-4,7-8,13H,5-6,9-10H2,1-2H3,(H,19,21,23)/t13-/m1/s1. The maximum absolute atomic E-state index is 12.6. The van der Waals surface area contributed by atoms with Gasteiger partial charge in [0.2, 0.25) is 5.91 Å². The van der Waals surface area contributed by atoms with Crippen molar-refractivity contribution in [1.82, 2.24) is 9.97 Å². The second-order valence-corrected chi connectivity index (χ2v) is 8.61. The maximum Gasteiger partial charge on any atom is 0.231 e. The molecule has 0 unspecified atom stereocenters. The molecule has 1 aliphatic rings. The number of aromatic nitrogens is 2. The first-order chi connectivity index (χ1) is 12.1. The van der Waals surface area contributed by atoms with E-state index < -0.39 is 0 Å². The van der Waals surface area contributed by atoms with Crippen LogP contribution in [-0.4, -0.2) is 29.0 Å². The summed E-state index contributed by atoms with van der Waals surface area (Å²) < 4.78 is 1.19. The monoisotopic (exact) mass is 372 g/mol. The number of para-hydroxylation sites is 1. The number of anilines is 2. The van der Waals surface area contributed by atoms with E-state index >= 15 is 0 Å². The molecule has 25 heavy (non-hydrogen) atoms. The number of hydrogen-bond donors (Lipinski definition) is 1. The van der Waals surface area contributed by atoms with Crippen LogP contribution in [-0.2, 0) is 4.79 Å². The molecule has 0 aliphatic carbocycles. The molecule has 1 atom stereocenters. The SMILES string of the molecule is Cc1nc(NC(=O)[C@@H]2CCCN(c3nc4ccccc4s3)C2)sc1C. The first-order valence-electron chi connectivity index (χ1n) is 8.45. The van der Waals surface area contributed by atoms with Crippen molar-refractivity contribution >= 4 is 49.1 Å². The average molecular weight is 373 g/mol. The van der Waals surface area contributed by atoms with Gasteiger partial charge in [-0.05, 0) is 38.8 Å². The first-order valence-corrected chi connectivity index (χ1v) is 10.1. The van der Waals surface area contributed by atoms with Gasteiger partial charge in [0.1, 0.15) is 0 Å². The molecule has 1 amide bonds. The number of nitrogens with one attached hydrogen (secondary N) is 1. The number of carbonyl (C=O) groups is 1. The molecule has 1 fully saturated rings. The average Bonchev–Trinajstić information content (AvgIpc) is 3.18. The normalized spacial score (nSPS) is 17.8. The molecule has 0 bridgehead atoms. The van der Waals surface area contributed by atoms with Gasteiger partial charge in [-0.25, -0.2) is 9.97 Å². The van der Waals surface area contributed by atoms with Crippen LogP contribution in [0, 0.1) is 19.8 Å². The topological polar surface area (TPSA) is 58.1 Å². The van der Waals surface area contributed by atoms with E-state index in [1.165, 1.54) is 16.0 Å². The Balaban J connectivity index is 1.47. The Kier molecular flexibility index (Phi) is 4.43. The van der Waals surface area contributed by atoms with E-state index in [9.17, 15) is 4.79 Å². The zero-order chi connectivity index (χ0) is 17.4. The molecule has 0 radical (unpaired) electrons. The number of benzene rings is 1. The summed E-state index contributed by atoms with van der Waals surface area (Å²) in [6, 6.07) is 8.18. The fraction of sp³-hybridized carbons (Fsp3) is 0.389. The van der Waals surface area contributed by atoms with E-state index in [0.29, 0.717) is 5.13 Å². The molecule has 130 valence electrons. The molecule has 4 rings (SSSR count). The summed E-state index contributed by atoms with van der Waals surface area (Å²) >= 11 is 3.24. The molecular formula is C18H20N4OS2. The largest absolute Gasteiger partial charge is 0.347 e. The number of amides is 1. The van der Waals surface area contributed by atoms with Gasteiger partial charge < -0.3 is 10.2 Å². The van der Waals surface area contributed by atoms with Gasteiger partial charge >= 0.3 is 0 Å². The Bertz CT molecular complexity index is 864. The molecule has 5 nitrogen and oxygen atoms in total. The summed E-state index contributed by atoms with van der Waals surface area (Å²) in [5.74, 6) is 0.0461. The van der Waals surface area contributed by atoms with Crippen molar-refractivity contribution in [1.29, 1.82) is 0 Å². The number of nitrogens with zero attached hydrogens (tertiary/aromatic N) is 3. The molecule has 0 saturated carbocycles. The third-order valence-electron chi connectivity index (χ3n) is 4.60. The van der Waals surface area contributed by atoms with E-state index in [0.717, 1.165) is 47.2 Å². The van der Waals surface area contributed by atoms with Crippen molar-refractivity contribution in [3.8, 4) is 0 Å². The molecule has 1 aromatic carbocycles. The van der Waals surface area contributed by atoms with Crippen molar-refractivity contribution in [3.05, 3.63) is 34.8 Å². The van der Waals surface area contributed by atoms with Crippen LogP contribution in [0.1, 0.15) is 23.4 Å². The lowest BCUT2D eigenvalue weighted by atomic mass is 9.97. The van der Waals surface area contributed by atoms with Crippen LogP contribution >= 0.6 is 22.7 Å². The first kappa shape index (κ1) is 16.5. The Morgan fingerprint density at radius 3 is 2.84 bits per heavy atom. The quantitative estimate of drug-likeness (QED) is 0.748. The van der Waals surface area contributed by atoms with Crippen LogP contribution < -0.4 is 10.2 Å². The summed E-state index contributed by atoms with van der Waals surface area (Å²) in [6.07, 6.45) is 1.92. The Morgan fingerprint density at radius 2 is 2.08 bits per heavy atom. The van der Waals surface area contributed by atoms with Gasteiger partial charge in [-0.2, -0.15) is 0 Å². The molecule has 3 aromatic rings. The third kappa shape index (κ3) is 3.39. The Morgan fingerprint density at radius 1 is 1.24 bits per heavy atom. The van der Waals surface area contributed by atoms with Crippen LogP contribution in [0.5, 0.6) is 0 Å². The van der Waals surface area contributed by atoms with E-state index in [2.05, 4.69) is 21.3 Å². The summed E-state index contributed by atoms with van der Waals surface area (Å²) in [5, 5.41) is 4.72. The minimum Gasteiger partial charge on any atom is -0.347 e. The summed E-state index contributed by atoms with van der Waals surface area (Å²) in [7, 11) is 0. The van der Waals surface area contributed by atoms with Crippen LogP contribution in [0.4, 0.5) is 10.3 Å².